The topological polar surface area (TPSA) is 81.7 Å². The molecule has 0 aliphatic rings. The maximum atomic E-state index is 13.7. The van der Waals surface area contributed by atoms with Crippen LogP contribution >= 0.6 is 11.3 Å². The number of hydrogen-bond donors (Lipinski definition) is 1. The highest BCUT2D eigenvalue weighted by Crippen LogP contribution is 2.18. The van der Waals surface area contributed by atoms with Crippen LogP contribution in [0.2, 0.25) is 0 Å². The van der Waals surface area contributed by atoms with E-state index in [0.717, 1.165) is 6.07 Å². The van der Waals surface area contributed by atoms with E-state index in [1.165, 1.54) is 30.6 Å². The summed E-state index contributed by atoms with van der Waals surface area (Å²) in [6, 6.07) is 6.20. The van der Waals surface area contributed by atoms with Crippen LogP contribution in [-0.2, 0) is 9.53 Å². The van der Waals surface area contributed by atoms with Gasteiger partial charge >= 0.3 is 5.97 Å². The Morgan fingerprint density at radius 1 is 1.22 bits per heavy atom. The van der Waals surface area contributed by atoms with Crippen LogP contribution in [0.5, 0.6) is 5.75 Å². The first-order valence-corrected chi connectivity index (χ1v) is 9.09. The van der Waals surface area contributed by atoms with Crippen LogP contribution in [0.4, 0.5) is 4.39 Å². The summed E-state index contributed by atoms with van der Waals surface area (Å²) in [6.45, 7) is 2.95. The first-order chi connectivity index (χ1) is 12.8. The van der Waals surface area contributed by atoms with Gasteiger partial charge in [0.05, 0.1) is 12.0 Å². The van der Waals surface area contributed by atoms with E-state index in [1.807, 2.05) is 0 Å². The minimum absolute atomic E-state index is 0.0136. The zero-order valence-electron chi connectivity index (χ0n) is 15.2. The maximum Gasteiger partial charge on any atom is 0.329 e. The zero-order valence-corrected chi connectivity index (χ0v) is 16.0. The van der Waals surface area contributed by atoms with E-state index in [0.29, 0.717) is 4.88 Å². The minimum Gasteiger partial charge on any atom is -0.494 e. The van der Waals surface area contributed by atoms with Crippen LogP contribution in [0.15, 0.2) is 35.7 Å². The third-order valence-corrected chi connectivity index (χ3v) is 4.64. The first-order valence-electron chi connectivity index (χ1n) is 8.21. The van der Waals surface area contributed by atoms with Crippen molar-refractivity contribution in [2.45, 2.75) is 19.9 Å². The van der Waals surface area contributed by atoms with E-state index in [1.54, 1.807) is 31.4 Å². The normalized spacial score (nSPS) is 11.7. The molecule has 0 aliphatic heterocycles. The summed E-state index contributed by atoms with van der Waals surface area (Å²) in [5.41, 5.74) is 0.0600. The van der Waals surface area contributed by atoms with Crippen LogP contribution in [0, 0.1) is 11.7 Å². The SMILES string of the molecule is COc1ccc(C(=O)COC(=O)[C@@H](NC(=O)c2cccs2)C(C)C)cc1F. The number of hydrogen-bond acceptors (Lipinski definition) is 6. The molecule has 8 heteroatoms. The smallest absolute Gasteiger partial charge is 0.329 e. The quantitative estimate of drug-likeness (QED) is 0.551. The van der Waals surface area contributed by atoms with Gasteiger partial charge in [-0.3, -0.25) is 9.59 Å². The number of esters is 1. The highest BCUT2D eigenvalue weighted by molar-refractivity contribution is 7.12. The Morgan fingerprint density at radius 3 is 2.52 bits per heavy atom. The molecule has 1 aromatic heterocycles. The number of methoxy groups -OCH3 is 1. The Labute approximate surface area is 160 Å². The Bertz CT molecular complexity index is 820. The molecular formula is C19H20FNO5S. The molecule has 0 aliphatic carbocycles. The molecule has 2 aromatic rings. The van der Waals surface area contributed by atoms with E-state index in [2.05, 4.69) is 5.32 Å². The molecule has 0 spiro atoms. The number of carbonyl (C=O) groups is 3. The van der Waals surface area contributed by atoms with Crippen LogP contribution in [0.3, 0.4) is 0 Å². The van der Waals surface area contributed by atoms with Crippen LogP contribution in [-0.4, -0.2) is 37.4 Å². The molecule has 6 nitrogen and oxygen atoms in total. The molecule has 1 aromatic carbocycles. The van der Waals surface area contributed by atoms with Gasteiger partial charge in [-0.1, -0.05) is 19.9 Å². The van der Waals surface area contributed by atoms with Crippen molar-refractivity contribution in [2.75, 3.05) is 13.7 Å². The van der Waals surface area contributed by atoms with Gasteiger partial charge in [-0.25, -0.2) is 9.18 Å². The highest BCUT2D eigenvalue weighted by Gasteiger charge is 2.27. The van der Waals surface area contributed by atoms with Gasteiger partial charge in [0, 0.05) is 5.56 Å². The molecule has 0 unspecified atom stereocenters. The fourth-order valence-corrected chi connectivity index (χ4v) is 2.89. The Balaban J connectivity index is 1.98. The largest absolute Gasteiger partial charge is 0.494 e. The van der Waals surface area contributed by atoms with Gasteiger partial charge < -0.3 is 14.8 Å². The lowest BCUT2D eigenvalue weighted by atomic mass is 10.0. The summed E-state index contributed by atoms with van der Waals surface area (Å²) in [5, 5.41) is 4.37. The average molecular weight is 393 g/mol. The molecule has 0 saturated heterocycles. The number of ketones is 1. The first kappa shape index (κ1) is 20.6. The predicted octanol–water partition coefficient (Wildman–Crippen LogP) is 3.08. The maximum absolute atomic E-state index is 13.7. The molecular weight excluding hydrogens is 373 g/mol. The number of carbonyl (C=O) groups excluding carboxylic acids is 3. The van der Waals surface area contributed by atoms with Gasteiger partial charge in [0.1, 0.15) is 6.04 Å². The van der Waals surface area contributed by atoms with Crippen molar-refractivity contribution >= 4 is 29.0 Å². The van der Waals surface area contributed by atoms with Gasteiger partial charge in [-0.15, -0.1) is 11.3 Å². The number of nitrogens with one attached hydrogen (secondary N) is 1. The van der Waals surface area contributed by atoms with Crippen molar-refractivity contribution in [2.24, 2.45) is 5.92 Å². The molecule has 0 bridgehead atoms. The molecule has 2 rings (SSSR count). The standard InChI is InChI=1S/C19H20FNO5S/c1-11(2)17(21-18(23)16-5-4-8-27-16)19(24)26-10-14(22)12-6-7-15(25-3)13(20)9-12/h4-9,11,17H,10H2,1-3H3,(H,21,23)/t17-/m0/s1. The number of halogens is 1. The molecule has 1 N–H and O–H groups in total. The molecule has 0 fully saturated rings. The molecule has 27 heavy (non-hydrogen) atoms. The summed E-state index contributed by atoms with van der Waals surface area (Å²) in [7, 11) is 1.32. The van der Waals surface area contributed by atoms with E-state index in [9.17, 15) is 18.8 Å². The fraction of sp³-hybridized carbons (Fsp3) is 0.316. The Hall–Kier alpha value is -2.74. The second-order valence-corrected chi connectivity index (χ2v) is 7.00. The fourth-order valence-electron chi connectivity index (χ4n) is 2.27. The van der Waals surface area contributed by atoms with E-state index in [4.69, 9.17) is 9.47 Å². The average Bonchev–Trinajstić information content (AvgIpc) is 3.18. The molecule has 1 amide bonds. The van der Waals surface area contributed by atoms with E-state index >= 15 is 0 Å². The molecule has 0 radical (unpaired) electrons. The van der Waals surface area contributed by atoms with Crippen molar-refractivity contribution in [3.63, 3.8) is 0 Å². The van der Waals surface area contributed by atoms with Crippen molar-refractivity contribution in [3.8, 4) is 5.75 Å². The van der Waals surface area contributed by atoms with Crippen molar-refractivity contribution < 1.29 is 28.2 Å². The lowest BCUT2D eigenvalue weighted by Gasteiger charge is -2.20. The number of rotatable bonds is 8. The number of thiophene rings is 1. The highest BCUT2D eigenvalue weighted by atomic mass is 32.1. The molecule has 144 valence electrons. The zero-order chi connectivity index (χ0) is 20.0. The number of amides is 1. The van der Waals surface area contributed by atoms with Crippen LogP contribution < -0.4 is 10.1 Å². The minimum atomic E-state index is -0.903. The van der Waals surface area contributed by atoms with E-state index in [-0.39, 0.29) is 23.1 Å². The number of ether oxygens (including phenoxy) is 2. The van der Waals surface area contributed by atoms with Gasteiger partial charge in [0.25, 0.3) is 5.91 Å². The van der Waals surface area contributed by atoms with Crippen LogP contribution in [0.25, 0.3) is 0 Å². The second-order valence-electron chi connectivity index (χ2n) is 6.05. The summed E-state index contributed by atoms with van der Waals surface area (Å²) in [5.74, 6) is -2.58. The van der Waals surface area contributed by atoms with Gasteiger partial charge in [0.2, 0.25) is 0 Å². The molecule has 1 heterocycles. The summed E-state index contributed by atoms with van der Waals surface area (Å²) in [6.07, 6.45) is 0. The summed E-state index contributed by atoms with van der Waals surface area (Å²) >= 11 is 1.25. The van der Waals surface area contributed by atoms with E-state index < -0.39 is 30.2 Å². The third kappa shape index (κ3) is 5.37. The lowest BCUT2D eigenvalue weighted by Crippen LogP contribution is -2.45. The van der Waals surface area contributed by atoms with Crippen LogP contribution in [0.1, 0.15) is 33.9 Å². The lowest BCUT2D eigenvalue weighted by molar-refractivity contribution is -0.145. The predicted molar refractivity (Wildman–Crippen MR) is 98.7 cm³/mol. The van der Waals surface area contributed by atoms with Gasteiger partial charge in [-0.2, -0.15) is 0 Å². The van der Waals surface area contributed by atoms with Crippen molar-refractivity contribution in [1.82, 2.24) is 5.32 Å². The monoisotopic (exact) mass is 393 g/mol. The Morgan fingerprint density at radius 2 is 1.96 bits per heavy atom. The molecule has 0 saturated carbocycles. The Kier molecular flexibility index (Phi) is 7.06. The third-order valence-electron chi connectivity index (χ3n) is 3.77. The van der Waals surface area contributed by atoms with Crippen molar-refractivity contribution in [3.05, 3.63) is 52.0 Å². The summed E-state index contributed by atoms with van der Waals surface area (Å²) < 4.78 is 23.5. The summed E-state index contributed by atoms with van der Waals surface area (Å²) in [4.78, 5) is 37.1. The second kappa shape index (κ2) is 9.27. The van der Waals surface area contributed by atoms with Crippen molar-refractivity contribution in [1.29, 1.82) is 0 Å². The molecule has 1 atom stereocenters. The number of benzene rings is 1. The van der Waals surface area contributed by atoms with Gasteiger partial charge in [0.15, 0.2) is 24.0 Å². The van der Waals surface area contributed by atoms with Gasteiger partial charge in [-0.05, 0) is 35.6 Å². The number of Topliss-reactive ketones (excluding diaryl/α,β-unsaturated/α-hetero) is 1.